The second-order valence-corrected chi connectivity index (χ2v) is 4.21. The Morgan fingerprint density at radius 2 is 2.12 bits per heavy atom. The fraction of sp³-hybridized carbons (Fsp3) is 0.667. The number of hydrogen-bond acceptors (Lipinski definition) is 2. The quantitative estimate of drug-likeness (QED) is 0.693. The molecule has 0 aliphatic carbocycles. The number of carbonyl (C=O) groups excluding carboxylic acids is 2. The first kappa shape index (κ1) is 12.6. The van der Waals surface area contributed by atoms with Crippen LogP contribution in [0.15, 0.2) is 0 Å². The van der Waals surface area contributed by atoms with Gasteiger partial charge in [-0.3, -0.25) is 9.59 Å². The van der Waals surface area contributed by atoms with E-state index in [1.807, 2.05) is 6.92 Å². The molecule has 1 aliphatic heterocycles. The van der Waals surface area contributed by atoms with Gasteiger partial charge in [-0.05, 0) is 27.2 Å². The monoisotopic (exact) mass is 222 g/mol. The number of piperazine rings is 1. The van der Waals surface area contributed by atoms with Gasteiger partial charge in [-0.2, -0.15) is 0 Å². The van der Waals surface area contributed by atoms with Crippen LogP contribution in [-0.2, 0) is 9.59 Å². The van der Waals surface area contributed by atoms with Crippen LogP contribution in [0.25, 0.3) is 0 Å². The summed E-state index contributed by atoms with van der Waals surface area (Å²) >= 11 is 0. The first-order valence-electron chi connectivity index (χ1n) is 5.49. The van der Waals surface area contributed by atoms with E-state index in [0.717, 1.165) is 0 Å². The van der Waals surface area contributed by atoms with Gasteiger partial charge in [-0.1, -0.05) is 12.8 Å². The molecular weight excluding hydrogens is 204 g/mol. The summed E-state index contributed by atoms with van der Waals surface area (Å²) < 4.78 is 0. The molecule has 1 N–H and O–H groups in total. The van der Waals surface area contributed by atoms with Crippen molar-refractivity contribution in [3.63, 3.8) is 0 Å². The lowest BCUT2D eigenvalue weighted by atomic mass is 9.92. The van der Waals surface area contributed by atoms with Gasteiger partial charge in [0.15, 0.2) is 0 Å². The normalized spacial score (nSPS) is 29.5. The maximum atomic E-state index is 12.2. The fourth-order valence-corrected chi connectivity index (χ4v) is 1.68. The van der Waals surface area contributed by atoms with Crippen LogP contribution in [0.4, 0.5) is 0 Å². The Kier molecular flexibility index (Phi) is 3.58. The zero-order chi connectivity index (χ0) is 12.3. The minimum Gasteiger partial charge on any atom is -0.340 e. The first-order valence-corrected chi connectivity index (χ1v) is 5.49. The van der Waals surface area contributed by atoms with Crippen LogP contribution in [0, 0.1) is 11.8 Å². The van der Waals surface area contributed by atoms with Crippen molar-refractivity contribution in [1.82, 2.24) is 10.2 Å². The first-order chi connectivity index (χ1) is 7.46. The van der Waals surface area contributed by atoms with Crippen molar-refractivity contribution < 1.29 is 9.59 Å². The summed E-state index contributed by atoms with van der Waals surface area (Å²) in [6.07, 6.45) is 0.584. The smallest absolute Gasteiger partial charge is 0.249 e. The third-order valence-corrected chi connectivity index (χ3v) is 3.11. The molecule has 2 amide bonds. The van der Waals surface area contributed by atoms with Crippen molar-refractivity contribution >= 4 is 11.8 Å². The molecule has 4 nitrogen and oxygen atoms in total. The molecule has 0 bridgehead atoms. The topological polar surface area (TPSA) is 49.4 Å². The van der Waals surface area contributed by atoms with Crippen LogP contribution in [0.5, 0.6) is 0 Å². The third-order valence-electron chi connectivity index (χ3n) is 3.11. The van der Waals surface area contributed by atoms with Crippen LogP contribution in [0.2, 0.25) is 0 Å². The average molecular weight is 222 g/mol. The summed E-state index contributed by atoms with van der Waals surface area (Å²) in [5, 5.41) is 2.77. The van der Waals surface area contributed by atoms with E-state index in [-0.39, 0.29) is 11.8 Å². The van der Waals surface area contributed by atoms with Gasteiger partial charge in [0.2, 0.25) is 11.8 Å². The molecule has 88 valence electrons. The molecule has 2 atom stereocenters. The lowest BCUT2D eigenvalue weighted by Gasteiger charge is -2.42. The van der Waals surface area contributed by atoms with Crippen LogP contribution in [-0.4, -0.2) is 34.8 Å². The summed E-state index contributed by atoms with van der Waals surface area (Å²) in [5.41, 5.74) is -0.779. The molecule has 0 saturated carbocycles. The number of rotatable bonds is 2. The van der Waals surface area contributed by atoms with E-state index >= 15 is 0 Å². The number of amides is 2. The Hall–Kier alpha value is -1.50. The Morgan fingerprint density at radius 1 is 1.50 bits per heavy atom. The van der Waals surface area contributed by atoms with Gasteiger partial charge in [0.25, 0.3) is 0 Å². The van der Waals surface area contributed by atoms with Crippen LogP contribution in [0.3, 0.4) is 0 Å². The van der Waals surface area contributed by atoms with Gasteiger partial charge in [0, 0.05) is 0 Å². The van der Waals surface area contributed by atoms with E-state index in [1.165, 1.54) is 0 Å². The summed E-state index contributed by atoms with van der Waals surface area (Å²) in [7, 11) is 0. The van der Waals surface area contributed by atoms with Crippen molar-refractivity contribution in [2.45, 2.75) is 45.7 Å². The van der Waals surface area contributed by atoms with Crippen molar-refractivity contribution in [3.05, 3.63) is 0 Å². The Morgan fingerprint density at radius 3 is 2.62 bits per heavy atom. The van der Waals surface area contributed by atoms with Gasteiger partial charge >= 0.3 is 0 Å². The SMILES string of the molecule is CC#CCN1C(=O)C(C)(CC)NC(=O)C1C. The fourth-order valence-electron chi connectivity index (χ4n) is 1.68. The lowest BCUT2D eigenvalue weighted by Crippen LogP contribution is -2.68. The zero-order valence-electron chi connectivity index (χ0n) is 10.3. The highest BCUT2D eigenvalue weighted by Gasteiger charge is 2.44. The summed E-state index contributed by atoms with van der Waals surface area (Å²) in [6, 6.07) is -0.437. The Bertz CT molecular complexity index is 367. The highest BCUT2D eigenvalue weighted by atomic mass is 16.2. The van der Waals surface area contributed by atoms with Crippen molar-refractivity contribution in [1.29, 1.82) is 0 Å². The molecule has 2 unspecified atom stereocenters. The maximum absolute atomic E-state index is 12.2. The molecule has 1 saturated heterocycles. The molecule has 0 aromatic carbocycles. The van der Waals surface area contributed by atoms with Crippen molar-refractivity contribution in [3.8, 4) is 11.8 Å². The van der Waals surface area contributed by atoms with Gasteiger partial charge < -0.3 is 10.2 Å². The number of carbonyl (C=O) groups is 2. The van der Waals surface area contributed by atoms with Gasteiger partial charge in [-0.25, -0.2) is 0 Å². The molecule has 0 aromatic rings. The van der Waals surface area contributed by atoms with Crippen molar-refractivity contribution in [2.75, 3.05) is 6.54 Å². The Balaban J connectivity index is 2.98. The molecule has 0 spiro atoms. The maximum Gasteiger partial charge on any atom is 0.249 e. The predicted molar refractivity (Wildman–Crippen MR) is 61.5 cm³/mol. The van der Waals surface area contributed by atoms with E-state index in [0.29, 0.717) is 13.0 Å². The predicted octanol–water partition coefficient (Wildman–Crippen LogP) is 0.525. The highest BCUT2D eigenvalue weighted by molar-refractivity contribution is 5.99. The van der Waals surface area contributed by atoms with E-state index in [2.05, 4.69) is 17.2 Å². The van der Waals surface area contributed by atoms with Gasteiger partial charge in [0.1, 0.15) is 11.6 Å². The average Bonchev–Trinajstić information content (AvgIpc) is 2.27. The van der Waals surface area contributed by atoms with Crippen LogP contribution in [0.1, 0.15) is 34.1 Å². The molecule has 1 aliphatic rings. The largest absolute Gasteiger partial charge is 0.340 e. The number of nitrogens with one attached hydrogen (secondary N) is 1. The standard InChI is InChI=1S/C12H18N2O2/c1-5-7-8-14-9(3)10(15)13-12(4,6-2)11(14)16/h9H,6,8H2,1-4H3,(H,13,15). The molecule has 0 aromatic heterocycles. The van der Waals surface area contributed by atoms with Crippen LogP contribution < -0.4 is 5.32 Å². The van der Waals surface area contributed by atoms with Gasteiger partial charge in [-0.15, -0.1) is 5.92 Å². The van der Waals surface area contributed by atoms with E-state index in [1.54, 1.807) is 25.7 Å². The van der Waals surface area contributed by atoms with E-state index in [4.69, 9.17) is 0 Å². The molecule has 0 radical (unpaired) electrons. The minimum absolute atomic E-state index is 0.0511. The minimum atomic E-state index is -0.779. The summed E-state index contributed by atoms with van der Waals surface area (Å²) in [5.74, 6) is 5.42. The Labute approximate surface area is 96.4 Å². The second kappa shape index (κ2) is 4.56. The molecule has 16 heavy (non-hydrogen) atoms. The number of hydrogen-bond donors (Lipinski definition) is 1. The van der Waals surface area contributed by atoms with Crippen LogP contribution >= 0.6 is 0 Å². The second-order valence-electron chi connectivity index (χ2n) is 4.21. The highest BCUT2D eigenvalue weighted by Crippen LogP contribution is 2.20. The summed E-state index contributed by atoms with van der Waals surface area (Å²) in [6.45, 7) is 7.40. The molecular formula is C12H18N2O2. The van der Waals surface area contributed by atoms with E-state index < -0.39 is 11.6 Å². The molecule has 1 heterocycles. The number of nitrogens with zero attached hydrogens (tertiary/aromatic N) is 1. The summed E-state index contributed by atoms with van der Waals surface area (Å²) in [4.78, 5) is 25.5. The van der Waals surface area contributed by atoms with E-state index in [9.17, 15) is 9.59 Å². The molecule has 1 fully saturated rings. The van der Waals surface area contributed by atoms with Crippen molar-refractivity contribution in [2.24, 2.45) is 0 Å². The molecule has 4 heteroatoms. The lowest BCUT2D eigenvalue weighted by molar-refractivity contribution is -0.152. The zero-order valence-corrected chi connectivity index (χ0v) is 10.3. The molecule has 1 rings (SSSR count). The third kappa shape index (κ3) is 2.04. The van der Waals surface area contributed by atoms with Gasteiger partial charge in [0.05, 0.1) is 6.54 Å².